The maximum atomic E-state index is 9.79. The van der Waals surface area contributed by atoms with E-state index in [0.29, 0.717) is 45.1 Å². The molecule has 10 aromatic rings. The van der Waals surface area contributed by atoms with E-state index >= 15 is 0 Å². The van der Waals surface area contributed by atoms with Crippen molar-refractivity contribution in [2.45, 2.75) is 26.2 Å². The zero-order valence-electron chi connectivity index (χ0n) is 42.2. The van der Waals surface area contributed by atoms with E-state index in [4.69, 9.17) is 23.4 Å². The Kier molecular flexibility index (Phi) is 7.35. The number of imidazole rings is 1. The SMILES string of the molecule is [2H]c1c([2H])c([2H])c(-c2cncc(-c3c([2H])c([2H])c([2H])c([2H])c3[2H])c2-[n+]2[c-]n(-c3[c-]c(Oc4[c-]c5c(cc4)c4cc(C#N)ccc4n5-c4cc(C(C)(C)C)ccn4)ccc3)c3ccccc32)c([2H])c1[2H].[Pt]. The van der Waals surface area contributed by atoms with E-state index in [2.05, 4.69) is 50.3 Å². The zero-order valence-corrected chi connectivity index (χ0v) is 34.5. The fraction of sp³-hybridized carbons (Fsp3) is 0.0769. The third-order valence-corrected chi connectivity index (χ3v) is 10.1. The molecule has 6 aromatic carbocycles. The zero-order chi connectivity index (χ0) is 48.8. The smallest absolute Gasteiger partial charge is 0.268 e. The molecule has 4 heterocycles. The van der Waals surface area contributed by atoms with Gasteiger partial charge in [0, 0.05) is 67.8 Å². The molecule has 4 aromatic heterocycles. The number of rotatable bonds is 7. The molecule has 10 rings (SSSR count). The molecule has 0 amide bonds. The normalized spacial score (nSPS) is 13.8. The summed E-state index contributed by atoms with van der Waals surface area (Å²) in [5, 5.41) is 11.5. The summed E-state index contributed by atoms with van der Waals surface area (Å²) in [5.41, 5.74) is 4.19. The average Bonchev–Trinajstić information content (AvgIpc) is 3.89. The largest absolute Gasteiger partial charge is 0.510 e. The van der Waals surface area contributed by atoms with Crippen molar-refractivity contribution < 1.29 is 44.1 Å². The molecule has 0 saturated carbocycles. The average molecular weight is 966 g/mol. The summed E-state index contributed by atoms with van der Waals surface area (Å²) in [5.74, 6) is 1.36. The van der Waals surface area contributed by atoms with Crippen LogP contribution in [0.5, 0.6) is 11.5 Å². The van der Waals surface area contributed by atoms with Crippen molar-refractivity contribution >= 4 is 32.8 Å². The molecule has 0 spiro atoms. The van der Waals surface area contributed by atoms with Gasteiger partial charge >= 0.3 is 0 Å². The Labute approximate surface area is 376 Å². The van der Waals surface area contributed by atoms with Gasteiger partial charge in [-0.1, -0.05) is 111 Å². The van der Waals surface area contributed by atoms with Gasteiger partial charge in [-0.2, -0.15) is 23.5 Å². The van der Waals surface area contributed by atoms with Crippen molar-refractivity contribution in [3.05, 3.63) is 194 Å². The predicted molar refractivity (Wildman–Crippen MR) is 232 cm³/mol. The molecule has 60 heavy (non-hydrogen) atoms. The van der Waals surface area contributed by atoms with Crippen LogP contribution in [-0.4, -0.2) is 19.1 Å². The summed E-state index contributed by atoms with van der Waals surface area (Å²) >= 11 is 0. The Morgan fingerprint density at radius 1 is 0.750 bits per heavy atom. The third-order valence-electron chi connectivity index (χ3n) is 10.1. The predicted octanol–water partition coefficient (Wildman–Crippen LogP) is 11.5. The van der Waals surface area contributed by atoms with Gasteiger partial charge < -0.3 is 13.9 Å². The number of para-hydroxylation sites is 2. The number of benzene rings is 6. The maximum Gasteiger partial charge on any atom is 0.268 e. The van der Waals surface area contributed by atoms with E-state index < -0.39 is 60.4 Å². The van der Waals surface area contributed by atoms with Gasteiger partial charge in [0.1, 0.15) is 5.82 Å². The van der Waals surface area contributed by atoms with Gasteiger partial charge in [0.25, 0.3) is 6.33 Å². The molecule has 0 N–H and O–H groups in total. The van der Waals surface area contributed by atoms with Gasteiger partial charge in [0.15, 0.2) is 0 Å². The van der Waals surface area contributed by atoms with E-state index in [1.807, 2.05) is 47.0 Å². The number of fused-ring (bicyclic) bond motifs is 4. The molecule has 7 nitrogen and oxygen atoms in total. The van der Waals surface area contributed by atoms with E-state index in [0.717, 1.165) is 21.9 Å². The van der Waals surface area contributed by atoms with Gasteiger partial charge in [-0.25, -0.2) is 4.98 Å². The molecule has 0 aliphatic rings. The van der Waals surface area contributed by atoms with Crippen LogP contribution in [0.1, 0.15) is 45.6 Å². The van der Waals surface area contributed by atoms with Crippen LogP contribution in [0.2, 0.25) is 0 Å². The minimum absolute atomic E-state index is 0. The molecular weight excluding hydrogens is 920 g/mol. The number of nitriles is 1. The number of ether oxygens (including phenoxy) is 1. The molecule has 8 heteroatoms. The number of pyridine rings is 2. The Bertz CT molecular complexity index is 3710. The van der Waals surface area contributed by atoms with Crippen LogP contribution in [0.3, 0.4) is 0 Å². The van der Waals surface area contributed by atoms with Crippen molar-refractivity contribution in [2.24, 2.45) is 0 Å². The Morgan fingerprint density at radius 2 is 1.47 bits per heavy atom. The van der Waals surface area contributed by atoms with E-state index in [1.54, 1.807) is 57.8 Å². The van der Waals surface area contributed by atoms with Crippen LogP contribution < -0.4 is 9.30 Å². The van der Waals surface area contributed by atoms with E-state index in [9.17, 15) is 5.26 Å². The summed E-state index contributed by atoms with van der Waals surface area (Å²) < 4.78 is 98.3. The first-order chi connectivity index (χ1) is 33.0. The van der Waals surface area contributed by atoms with Crippen LogP contribution in [0.15, 0.2) is 164 Å². The molecule has 0 radical (unpaired) electrons. The Balaban J connectivity index is 0.00000608. The van der Waals surface area contributed by atoms with Gasteiger partial charge in [0.05, 0.1) is 42.1 Å². The van der Waals surface area contributed by atoms with Crippen LogP contribution in [0, 0.1) is 29.8 Å². The van der Waals surface area contributed by atoms with Crippen LogP contribution in [-0.2, 0) is 26.5 Å². The summed E-state index contributed by atoms with van der Waals surface area (Å²) in [6.07, 6.45) is 7.78. The van der Waals surface area contributed by atoms with Crippen LogP contribution in [0.4, 0.5) is 0 Å². The summed E-state index contributed by atoms with van der Waals surface area (Å²) in [4.78, 5) is 9.14. The number of hydrogen-bond acceptors (Lipinski definition) is 4. The third kappa shape index (κ3) is 6.85. The second-order valence-electron chi connectivity index (χ2n) is 14.8. The van der Waals surface area contributed by atoms with Crippen LogP contribution >= 0.6 is 0 Å². The molecule has 0 bridgehead atoms. The van der Waals surface area contributed by atoms with Crippen molar-refractivity contribution in [1.82, 2.24) is 19.1 Å². The quantitative estimate of drug-likeness (QED) is 0.118. The van der Waals surface area contributed by atoms with Crippen molar-refractivity contribution in [1.29, 1.82) is 5.26 Å². The maximum absolute atomic E-state index is 9.79. The van der Waals surface area contributed by atoms with E-state index in [1.165, 1.54) is 12.4 Å². The van der Waals surface area contributed by atoms with Gasteiger partial charge in [-0.3, -0.25) is 9.55 Å². The monoisotopic (exact) mass is 965 g/mol. The minimum atomic E-state index is -0.601. The Hall–Kier alpha value is -7.13. The van der Waals surface area contributed by atoms with Crippen LogP contribution in [0.25, 0.3) is 72.3 Å². The number of aromatic nitrogens is 5. The molecule has 0 saturated heterocycles. The van der Waals surface area contributed by atoms with Crippen molar-refractivity contribution in [3.63, 3.8) is 0 Å². The second kappa shape index (κ2) is 15.6. The molecule has 0 aliphatic carbocycles. The summed E-state index contributed by atoms with van der Waals surface area (Å²) in [6.45, 7) is 6.41. The molecule has 0 aliphatic heterocycles. The molecule has 292 valence electrons. The van der Waals surface area contributed by atoms with Crippen molar-refractivity contribution in [3.8, 4) is 57.0 Å². The molecule has 0 fully saturated rings. The minimum Gasteiger partial charge on any atom is -0.510 e. The van der Waals surface area contributed by atoms with Crippen molar-refractivity contribution in [2.75, 3.05) is 0 Å². The standard InChI is InChI=1S/C52H36N6O.Pt/c1-52(2,3)38-25-26-55-50(28-38)58-46-24-21-35(31-53)27-43(46)42-23-22-41(30-49(42)58)59-40-18-12-17-39(29-40)56-34-57(48-20-11-10-19-47(48)56)51-44(36-13-6-4-7-14-36)32-54-33-45(51)37-15-8-5-9-16-37;/h4-28,32-33H,1-3H3;/q-2;/i4D,5D,6D,7D,8D,9D,13D,14D,15D,16D;. The molecular formula is C52H36N6OPt-2. The summed E-state index contributed by atoms with van der Waals surface area (Å²) in [7, 11) is 0. The summed E-state index contributed by atoms with van der Waals surface area (Å²) in [6, 6.07) is 29.1. The molecule has 0 unspecified atom stereocenters. The fourth-order valence-electron chi connectivity index (χ4n) is 7.28. The van der Waals surface area contributed by atoms with Gasteiger partial charge in [0.2, 0.25) is 0 Å². The first-order valence-corrected chi connectivity index (χ1v) is 18.6. The number of nitrogens with zero attached hydrogens (tertiary/aromatic N) is 6. The second-order valence-corrected chi connectivity index (χ2v) is 14.8. The molecule has 0 atom stereocenters. The van der Waals surface area contributed by atoms with E-state index in [-0.39, 0.29) is 54.4 Å². The topological polar surface area (TPSA) is 72.5 Å². The first kappa shape index (κ1) is 28.3. The first-order valence-electron chi connectivity index (χ1n) is 23.6. The van der Waals surface area contributed by atoms with Gasteiger partial charge in [-0.15, -0.1) is 29.7 Å². The fourth-order valence-corrected chi connectivity index (χ4v) is 7.28. The number of hydrogen-bond donors (Lipinski definition) is 0. The van der Waals surface area contributed by atoms with Gasteiger partial charge in [-0.05, 0) is 63.5 Å². The Morgan fingerprint density at radius 3 is 2.18 bits per heavy atom.